The summed E-state index contributed by atoms with van der Waals surface area (Å²) in [6.07, 6.45) is 0. The first-order valence-electron chi connectivity index (χ1n) is 9.42. The van der Waals surface area contributed by atoms with Crippen molar-refractivity contribution in [3.63, 3.8) is 0 Å². The average Bonchev–Trinajstić information content (AvgIpc) is 3.24. The van der Waals surface area contributed by atoms with E-state index in [1.807, 2.05) is 0 Å². The summed E-state index contributed by atoms with van der Waals surface area (Å²) in [6, 6.07) is 5.99. The van der Waals surface area contributed by atoms with Crippen molar-refractivity contribution in [1.29, 1.82) is 0 Å². The Bertz CT molecular complexity index is 1110. The zero-order chi connectivity index (χ0) is 22.5. The SMILES string of the molecule is CCOC(=O)c1[nH]c(C)c(C(=O)CSc2nnc(COc3ccccc3F)n2N)c1C. The molecule has 0 saturated carbocycles. The molecule has 3 N–H and O–H groups in total. The van der Waals surface area contributed by atoms with Crippen molar-refractivity contribution in [2.45, 2.75) is 32.5 Å². The summed E-state index contributed by atoms with van der Waals surface area (Å²) < 4.78 is 25.2. The first-order valence-corrected chi connectivity index (χ1v) is 10.4. The van der Waals surface area contributed by atoms with E-state index in [-0.39, 0.29) is 42.0 Å². The van der Waals surface area contributed by atoms with E-state index in [1.54, 1.807) is 32.9 Å². The molecule has 0 saturated heterocycles. The van der Waals surface area contributed by atoms with Gasteiger partial charge in [-0.25, -0.2) is 13.9 Å². The third-order valence-corrected chi connectivity index (χ3v) is 5.40. The number of carbonyl (C=O) groups is 2. The molecule has 164 valence electrons. The molecule has 0 aliphatic carbocycles. The fourth-order valence-electron chi connectivity index (χ4n) is 2.99. The fourth-order valence-corrected chi connectivity index (χ4v) is 3.73. The third kappa shape index (κ3) is 4.88. The molecule has 0 unspecified atom stereocenters. The lowest BCUT2D eigenvalue weighted by atomic mass is 10.1. The molecule has 2 heterocycles. The van der Waals surface area contributed by atoms with E-state index in [0.717, 1.165) is 11.8 Å². The molecular formula is C20H22FN5O4S. The van der Waals surface area contributed by atoms with E-state index >= 15 is 0 Å². The number of nitrogen functional groups attached to an aromatic ring is 1. The van der Waals surface area contributed by atoms with Crippen molar-refractivity contribution in [1.82, 2.24) is 19.9 Å². The molecule has 0 aliphatic rings. The van der Waals surface area contributed by atoms with Gasteiger partial charge in [0, 0.05) is 11.3 Å². The first kappa shape index (κ1) is 22.3. The number of hydrogen-bond acceptors (Lipinski definition) is 8. The number of nitrogens with one attached hydrogen (secondary N) is 1. The summed E-state index contributed by atoms with van der Waals surface area (Å²) in [6.45, 7) is 5.28. The monoisotopic (exact) mass is 447 g/mol. The van der Waals surface area contributed by atoms with Gasteiger partial charge in [-0.2, -0.15) is 0 Å². The predicted molar refractivity (Wildman–Crippen MR) is 112 cm³/mol. The smallest absolute Gasteiger partial charge is 0.355 e. The van der Waals surface area contributed by atoms with E-state index < -0.39 is 11.8 Å². The van der Waals surface area contributed by atoms with Gasteiger partial charge in [-0.05, 0) is 38.5 Å². The fraction of sp³-hybridized carbons (Fsp3) is 0.300. The largest absolute Gasteiger partial charge is 0.482 e. The number of nitrogens with two attached hydrogens (primary N) is 1. The minimum absolute atomic E-state index is 0.0330. The zero-order valence-corrected chi connectivity index (χ0v) is 18.1. The number of H-pyrrole nitrogens is 1. The molecule has 0 amide bonds. The molecule has 1 aromatic carbocycles. The summed E-state index contributed by atoms with van der Waals surface area (Å²) >= 11 is 1.10. The number of para-hydroxylation sites is 1. The molecule has 0 atom stereocenters. The Hall–Kier alpha value is -3.34. The van der Waals surface area contributed by atoms with Gasteiger partial charge in [0.2, 0.25) is 5.16 Å². The number of nitrogens with zero attached hydrogens (tertiary/aromatic N) is 3. The molecule has 0 radical (unpaired) electrons. The number of thioether (sulfide) groups is 1. The van der Waals surface area contributed by atoms with Gasteiger partial charge in [0.15, 0.2) is 23.2 Å². The van der Waals surface area contributed by atoms with Crippen molar-refractivity contribution >= 4 is 23.5 Å². The summed E-state index contributed by atoms with van der Waals surface area (Å²) in [5.74, 6) is 5.17. The van der Waals surface area contributed by atoms with Gasteiger partial charge in [-0.15, -0.1) is 10.2 Å². The minimum atomic E-state index is -0.504. The Balaban J connectivity index is 1.65. The normalized spacial score (nSPS) is 10.8. The lowest BCUT2D eigenvalue weighted by molar-refractivity contribution is 0.0519. The summed E-state index contributed by atoms with van der Waals surface area (Å²) in [5, 5.41) is 8.20. The maximum atomic E-state index is 13.7. The van der Waals surface area contributed by atoms with Crippen LogP contribution in [0.3, 0.4) is 0 Å². The molecule has 0 fully saturated rings. The second kappa shape index (κ2) is 9.65. The number of aromatic nitrogens is 4. The molecule has 0 bridgehead atoms. The maximum absolute atomic E-state index is 13.7. The van der Waals surface area contributed by atoms with Crippen LogP contribution in [0.4, 0.5) is 4.39 Å². The summed E-state index contributed by atoms with van der Waals surface area (Å²) in [4.78, 5) is 27.7. The minimum Gasteiger partial charge on any atom is -0.482 e. The Morgan fingerprint density at radius 2 is 2.00 bits per heavy atom. The number of aryl methyl sites for hydroxylation is 1. The zero-order valence-electron chi connectivity index (χ0n) is 17.3. The van der Waals surface area contributed by atoms with E-state index in [2.05, 4.69) is 15.2 Å². The van der Waals surface area contributed by atoms with E-state index in [0.29, 0.717) is 22.0 Å². The molecule has 11 heteroatoms. The second-order valence-electron chi connectivity index (χ2n) is 6.55. The van der Waals surface area contributed by atoms with Crippen molar-refractivity contribution < 1.29 is 23.5 Å². The van der Waals surface area contributed by atoms with Crippen molar-refractivity contribution in [2.24, 2.45) is 0 Å². The third-order valence-electron chi connectivity index (χ3n) is 4.46. The molecule has 0 spiro atoms. The van der Waals surface area contributed by atoms with Gasteiger partial charge in [-0.3, -0.25) is 4.79 Å². The van der Waals surface area contributed by atoms with E-state index in [4.69, 9.17) is 15.3 Å². The number of esters is 1. The Morgan fingerprint density at radius 1 is 1.26 bits per heavy atom. The quantitative estimate of drug-likeness (QED) is 0.222. The average molecular weight is 447 g/mol. The topological polar surface area (TPSA) is 125 Å². The molecule has 3 rings (SSSR count). The highest BCUT2D eigenvalue weighted by atomic mass is 32.2. The number of carbonyl (C=O) groups excluding carboxylic acids is 2. The van der Waals surface area contributed by atoms with Gasteiger partial charge in [0.25, 0.3) is 0 Å². The van der Waals surface area contributed by atoms with Crippen molar-refractivity contribution in [3.8, 4) is 5.75 Å². The van der Waals surface area contributed by atoms with Gasteiger partial charge in [0.05, 0.1) is 12.4 Å². The predicted octanol–water partition coefficient (Wildman–Crippen LogP) is 2.81. The summed E-state index contributed by atoms with van der Waals surface area (Å²) in [7, 11) is 0. The molecule has 2 aromatic heterocycles. The number of Topliss-reactive ketones (excluding diaryl/α,β-unsaturated/α-hetero) is 1. The van der Waals surface area contributed by atoms with Crippen LogP contribution in [0.15, 0.2) is 29.4 Å². The van der Waals surface area contributed by atoms with E-state index in [1.165, 1.54) is 16.8 Å². The van der Waals surface area contributed by atoms with Crippen LogP contribution >= 0.6 is 11.8 Å². The highest BCUT2D eigenvalue weighted by Gasteiger charge is 2.23. The summed E-state index contributed by atoms with van der Waals surface area (Å²) in [5.41, 5.74) is 1.82. The van der Waals surface area contributed by atoms with Crippen molar-refractivity contribution in [3.05, 3.63) is 58.4 Å². The Kier molecular flexibility index (Phi) is 6.95. The molecular weight excluding hydrogens is 425 g/mol. The first-order chi connectivity index (χ1) is 14.8. The Labute approximate surface area is 182 Å². The number of benzene rings is 1. The number of hydrogen-bond donors (Lipinski definition) is 2. The molecule has 9 nitrogen and oxygen atoms in total. The van der Waals surface area contributed by atoms with Gasteiger partial charge < -0.3 is 20.3 Å². The lowest BCUT2D eigenvalue weighted by Crippen LogP contribution is -2.16. The number of ketones is 1. The maximum Gasteiger partial charge on any atom is 0.355 e. The number of halogens is 1. The second-order valence-corrected chi connectivity index (χ2v) is 7.49. The van der Waals surface area contributed by atoms with Crippen LogP contribution in [-0.4, -0.2) is 44.0 Å². The van der Waals surface area contributed by atoms with Crippen LogP contribution in [0.5, 0.6) is 5.75 Å². The number of ether oxygens (including phenoxy) is 2. The molecule has 0 aliphatic heterocycles. The highest BCUT2D eigenvalue weighted by Crippen LogP contribution is 2.23. The van der Waals surface area contributed by atoms with Crippen LogP contribution in [0, 0.1) is 19.7 Å². The van der Waals surface area contributed by atoms with Gasteiger partial charge in [0.1, 0.15) is 12.3 Å². The van der Waals surface area contributed by atoms with Gasteiger partial charge in [-0.1, -0.05) is 23.9 Å². The highest BCUT2D eigenvalue weighted by molar-refractivity contribution is 7.99. The lowest BCUT2D eigenvalue weighted by Gasteiger charge is -2.07. The standard InChI is InChI=1S/C20H22FN5O4S/c1-4-29-19(28)18-11(2)17(12(3)23-18)14(27)10-31-20-25-24-16(26(20)22)9-30-15-8-6-5-7-13(15)21/h5-8,23H,4,9-10,22H2,1-3H3. The van der Waals surface area contributed by atoms with Crippen LogP contribution in [-0.2, 0) is 11.3 Å². The van der Waals surface area contributed by atoms with Crippen LogP contribution in [0.2, 0.25) is 0 Å². The van der Waals surface area contributed by atoms with Crippen LogP contribution < -0.4 is 10.6 Å². The molecule has 3 aromatic rings. The number of aromatic amines is 1. The van der Waals surface area contributed by atoms with Gasteiger partial charge >= 0.3 is 5.97 Å². The Morgan fingerprint density at radius 3 is 2.71 bits per heavy atom. The number of rotatable bonds is 9. The van der Waals surface area contributed by atoms with Crippen LogP contribution in [0.25, 0.3) is 0 Å². The van der Waals surface area contributed by atoms with Crippen molar-refractivity contribution in [2.75, 3.05) is 18.2 Å². The molecule has 31 heavy (non-hydrogen) atoms. The van der Waals surface area contributed by atoms with Crippen LogP contribution in [0.1, 0.15) is 44.9 Å². The van der Waals surface area contributed by atoms with E-state index in [9.17, 15) is 14.0 Å².